The number of benzene rings is 2. The largest absolute Gasteiger partial charge is 0.372 e. The molecule has 1 aromatic heterocycles. The van der Waals surface area contributed by atoms with Gasteiger partial charge in [0, 0.05) is 74.2 Å². The maximum absolute atomic E-state index is 12.7. The Morgan fingerprint density at radius 3 is 2.28 bits per heavy atom. The van der Waals surface area contributed by atoms with Gasteiger partial charge in [-0.25, -0.2) is 5.10 Å². The van der Waals surface area contributed by atoms with Gasteiger partial charge in [-0.2, -0.15) is 5.10 Å². The topological polar surface area (TPSA) is 84.6 Å². The standard InChI is InChI=1S/C31H40N6O2/c38-30(33-26-4-2-1-3-5-26)24-6-8-27(9-7-24)36-14-12-23(13-15-36)22-35-16-18-37(19-17-35)28-10-11-29-25(20-28)21-32-34-31(29)39/h6-11,20-21,23,26H,1-5,12-19,22H2,(H,33,38)(H,34,39). The fraction of sp³-hybridized carbons (Fsp3) is 0.516. The molecule has 1 amide bonds. The number of amides is 1. The molecule has 3 aromatic rings. The Bertz CT molecular complexity index is 1320. The van der Waals surface area contributed by atoms with Gasteiger partial charge in [0.2, 0.25) is 0 Å². The van der Waals surface area contributed by atoms with Gasteiger partial charge >= 0.3 is 0 Å². The maximum atomic E-state index is 12.7. The van der Waals surface area contributed by atoms with E-state index in [0.29, 0.717) is 11.4 Å². The molecule has 2 saturated heterocycles. The van der Waals surface area contributed by atoms with E-state index >= 15 is 0 Å². The number of piperidine rings is 1. The number of carbonyl (C=O) groups is 1. The molecule has 2 aliphatic heterocycles. The normalized spacial score (nSPS) is 19.9. The van der Waals surface area contributed by atoms with E-state index in [1.807, 2.05) is 18.2 Å². The van der Waals surface area contributed by atoms with Crippen molar-refractivity contribution in [1.82, 2.24) is 20.4 Å². The molecule has 8 heteroatoms. The molecule has 1 aliphatic carbocycles. The van der Waals surface area contributed by atoms with E-state index in [0.717, 1.165) is 69.0 Å². The molecule has 1 saturated carbocycles. The van der Waals surface area contributed by atoms with E-state index in [2.05, 4.69) is 54.5 Å². The number of hydrogen-bond donors (Lipinski definition) is 2. The van der Waals surface area contributed by atoms with Gasteiger partial charge in [-0.3, -0.25) is 14.5 Å². The van der Waals surface area contributed by atoms with E-state index in [1.54, 1.807) is 6.20 Å². The van der Waals surface area contributed by atoms with Crippen molar-refractivity contribution in [3.63, 3.8) is 0 Å². The van der Waals surface area contributed by atoms with Crippen LogP contribution in [0.25, 0.3) is 10.8 Å². The lowest BCUT2D eigenvalue weighted by atomic mass is 9.95. The van der Waals surface area contributed by atoms with Crippen molar-refractivity contribution >= 4 is 28.1 Å². The molecule has 3 heterocycles. The summed E-state index contributed by atoms with van der Waals surface area (Å²) in [5, 5.41) is 11.3. The second kappa shape index (κ2) is 11.8. The number of aromatic nitrogens is 2. The molecule has 6 rings (SSSR count). The summed E-state index contributed by atoms with van der Waals surface area (Å²) in [6.45, 7) is 7.44. The summed E-state index contributed by atoms with van der Waals surface area (Å²) < 4.78 is 0. The van der Waals surface area contributed by atoms with E-state index in [-0.39, 0.29) is 11.5 Å². The number of nitrogens with zero attached hydrogens (tertiary/aromatic N) is 4. The van der Waals surface area contributed by atoms with Crippen LogP contribution in [0.15, 0.2) is 53.5 Å². The van der Waals surface area contributed by atoms with E-state index in [1.165, 1.54) is 50.0 Å². The summed E-state index contributed by atoms with van der Waals surface area (Å²) in [7, 11) is 0. The van der Waals surface area contributed by atoms with Gasteiger partial charge in [-0.05, 0) is 74.1 Å². The first kappa shape index (κ1) is 25.9. The highest BCUT2D eigenvalue weighted by molar-refractivity contribution is 5.94. The van der Waals surface area contributed by atoms with Gasteiger partial charge < -0.3 is 15.1 Å². The molecule has 0 radical (unpaired) electrons. The van der Waals surface area contributed by atoms with Crippen molar-refractivity contribution < 1.29 is 4.79 Å². The first-order valence-corrected chi connectivity index (χ1v) is 14.7. The minimum atomic E-state index is -0.135. The van der Waals surface area contributed by atoms with E-state index < -0.39 is 0 Å². The number of fused-ring (bicyclic) bond motifs is 1. The molecular weight excluding hydrogens is 488 g/mol. The minimum absolute atomic E-state index is 0.0696. The van der Waals surface area contributed by atoms with Crippen LogP contribution in [0.2, 0.25) is 0 Å². The molecule has 3 aliphatic rings. The van der Waals surface area contributed by atoms with Crippen molar-refractivity contribution in [2.75, 3.05) is 55.6 Å². The molecule has 8 nitrogen and oxygen atoms in total. The summed E-state index contributed by atoms with van der Waals surface area (Å²) in [6.07, 6.45) is 10.1. The Morgan fingerprint density at radius 1 is 0.846 bits per heavy atom. The van der Waals surface area contributed by atoms with Crippen LogP contribution in [0.3, 0.4) is 0 Å². The summed E-state index contributed by atoms with van der Waals surface area (Å²) >= 11 is 0. The Labute approximate surface area is 230 Å². The van der Waals surface area contributed by atoms with Gasteiger partial charge in [-0.1, -0.05) is 19.3 Å². The highest BCUT2D eigenvalue weighted by Gasteiger charge is 2.25. The lowest BCUT2D eigenvalue weighted by molar-refractivity contribution is 0.0927. The van der Waals surface area contributed by atoms with Crippen LogP contribution < -0.4 is 20.7 Å². The number of rotatable bonds is 6. The van der Waals surface area contributed by atoms with Crippen LogP contribution in [0.1, 0.15) is 55.3 Å². The Hall–Kier alpha value is -3.39. The summed E-state index contributed by atoms with van der Waals surface area (Å²) in [4.78, 5) is 32.1. The lowest BCUT2D eigenvalue weighted by Gasteiger charge is -2.40. The highest BCUT2D eigenvalue weighted by Crippen LogP contribution is 2.26. The second-order valence-corrected chi connectivity index (χ2v) is 11.5. The first-order chi connectivity index (χ1) is 19.1. The third kappa shape index (κ3) is 6.11. The number of H-pyrrole nitrogens is 1. The quantitative estimate of drug-likeness (QED) is 0.503. The Kier molecular flexibility index (Phi) is 7.81. The summed E-state index contributed by atoms with van der Waals surface area (Å²) in [5.41, 5.74) is 3.03. The number of carbonyl (C=O) groups excluding carboxylic acids is 1. The van der Waals surface area contributed by atoms with Gasteiger partial charge in [0.1, 0.15) is 0 Å². The zero-order chi connectivity index (χ0) is 26.6. The first-order valence-electron chi connectivity index (χ1n) is 14.7. The third-order valence-corrected chi connectivity index (χ3v) is 8.95. The van der Waals surface area contributed by atoms with Crippen LogP contribution in [-0.4, -0.2) is 72.9 Å². The smallest absolute Gasteiger partial charge is 0.272 e. The Balaban J connectivity index is 0.950. The number of aromatic amines is 1. The number of piperazine rings is 1. The SMILES string of the molecule is O=C(NC1CCCCC1)c1ccc(N2CCC(CN3CCN(c4ccc5c(=O)[nH]ncc5c4)CC3)CC2)cc1. The molecule has 2 N–H and O–H groups in total. The fourth-order valence-electron chi connectivity index (χ4n) is 6.55. The zero-order valence-electron chi connectivity index (χ0n) is 22.8. The number of nitrogens with one attached hydrogen (secondary N) is 2. The van der Waals surface area contributed by atoms with Crippen LogP contribution in [-0.2, 0) is 0 Å². The van der Waals surface area contributed by atoms with Crippen molar-refractivity contribution in [1.29, 1.82) is 0 Å². The van der Waals surface area contributed by atoms with Crippen molar-refractivity contribution in [2.24, 2.45) is 5.92 Å². The van der Waals surface area contributed by atoms with Crippen LogP contribution in [0.5, 0.6) is 0 Å². The van der Waals surface area contributed by atoms with Crippen LogP contribution in [0, 0.1) is 5.92 Å². The van der Waals surface area contributed by atoms with E-state index in [9.17, 15) is 9.59 Å². The average molecular weight is 529 g/mol. The van der Waals surface area contributed by atoms with Crippen molar-refractivity contribution in [3.05, 3.63) is 64.6 Å². The predicted molar refractivity (Wildman–Crippen MR) is 157 cm³/mol. The molecule has 0 unspecified atom stereocenters. The molecule has 3 fully saturated rings. The molecule has 0 bridgehead atoms. The zero-order valence-corrected chi connectivity index (χ0v) is 22.8. The molecule has 39 heavy (non-hydrogen) atoms. The van der Waals surface area contributed by atoms with Gasteiger partial charge in [0.05, 0.1) is 11.6 Å². The maximum Gasteiger partial charge on any atom is 0.272 e. The van der Waals surface area contributed by atoms with Crippen LogP contribution >= 0.6 is 0 Å². The lowest BCUT2D eigenvalue weighted by Crippen LogP contribution is -2.49. The molecule has 2 aromatic carbocycles. The summed E-state index contributed by atoms with van der Waals surface area (Å²) in [6, 6.07) is 14.6. The van der Waals surface area contributed by atoms with Crippen molar-refractivity contribution in [3.8, 4) is 0 Å². The van der Waals surface area contributed by atoms with E-state index in [4.69, 9.17) is 0 Å². The number of anilines is 2. The monoisotopic (exact) mass is 528 g/mol. The predicted octanol–water partition coefficient (Wildman–Crippen LogP) is 4.02. The highest BCUT2D eigenvalue weighted by atomic mass is 16.1. The summed E-state index contributed by atoms with van der Waals surface area (Å²) in [5.74, 6) is 0.798. The fourth-order valence-corrected chi connectivity index (χ4v) is 6.55. The molecule has 0 atom stereocenters. The van der Waals surface area contributed by atoms with Gasteiger partial charge in [0.25, 0.3) is 11.5 Å². The Morgan fingerprint density at radius 2 is 1.54 bits per heavy atom. The third-order valence-electron chi connectivity index (χ3n) is 8.95. The van der Waals surface area contributed by atoms with Crippen LogP contribution in [0.4, 0.5) is 11.4 Å². The van der Waals surface area contributed by atoms with Gasteiger partial charge in [-0.15, -0.1) is 0 Å². The second-order valence-electron chi connectivity index (χ2n) is 11.5. The minimum Gasteiger partial charge on any atom is -0.372 e. The molecule has 206 valence electrons. The van der Waals surface area contributed by atoms with Crippen molar-refractivity contribution in [2.45, 2.75) is 51.0 Å². The molecular formula is C31H40N6O2. The van der Waals surface area contributed by atoms with Gasteiger partial charge in [0.15, 0.2) is 0 Å². The molecule has 0 spiro atoms. The number of hydrogen-bond acceptors (Lipinski definition) is 6. The average Bonchev–Trinajstić information content (AvgIpc) is 2.98.